The van der Waals surface area contributed by atoms with E-state index < -0.39 is 0 Å². The zero-order valence-corrected chi connectivity index (χ0v) is 13.2. The van der Waals surface area contributed by atoms with Crippen molar-refractivity contribution in [3.63, 3.8) is 0 Å². The van der Waals surface area contributed by atoms with Gasteiger partial charge in [-0.05, 0) is 37.5 Å². The lowest BCUT2D eigenvalue weighted by Crippen LogP contribution is -1.99. The molecular formula is C14H16BrNOS. The van der Waals surface area contributed by atoms with E-state index in [-0.39, 0.29) is 0 Å². The zero-order chi connectivity index (χ0) is 13.1. The Morgan fingerprint density at radius 2 is 1.89 bits per heavy atom. The maximum atomic E-state index is 5.90. The highest BCUT2D eigenvalue weighted by Crippen LogP contribution is 2.27. The molecule has 0 aliphatic heterocycles. The van der Waals surface area contributed by atoms with Crippen LogP contribution < -0.4 is 4.74 Å². The molecule has 1 heterocycles. The van der Waals surface area contributed by atoms with Gasteiger partial charge < -0.3 is 4.74 Å². The van der Waals surface area contributed by atoms with Crippen LogP contribution in [0, 0.1) is 20.8 Å². The van der Waals surface area contributed by atoms with Crippen molar-refractivity contribution in [1.82, 2.24) is 4.98 Å². The van der Waals surface area contributed by atoms with Gasteiger partial charge in [-0.1, -0.05) is 28.1 Å². The van der Waals surface area contributed by atoms with Crippen molar-refractivity contribution in [2.24, 2.45) is 0 Å². The summed E-state index contributed by atoms with van der Waals surface area (Å²) in [6.45, 7) is 6.72. The molecule has 1 aromatic carbocycles. The first-order valence-corrected chi connectivity index (χ1v) is 7.80. The number of hydrogen-bond donors (Lipinski definition) is 0. The lowest BCUT2D eigenvalue weighted by atomic mass is 10.1. The fourth-order valence-electron chi connectivity index (χ4n) is 1.95. The quantitative estimate of drug-likeness (QED) is 0.770. The van der Waals surface area contributed by atoms with Crippen molar-refractivity contribution in [2.75, 3.05) is 0 Å². The Morgan fingerprint density at radius 1 is 1.22 bits per heavy atom. The van der Waals surface area contributed by atoms with Gasteiger partial charge in [0.25, 0.3) is 0 Å². The molecule has 4 heteroatoms. The summed E-state index contributed by atoms with van der Waals surface area (Å²) in [7, 11) is 0. The second-order valence-corrected chi connectivity index (χ2v) is 5.87. The average molecular weight is 326 g/mol. The highest BCUT2D eigenvalue weighted by molar-refractivity contribution is 9.08. The second kappa shape index (κ2) is 5.85. The molecular weight excluding hydrogens is 310 g/mol. The third-order valence-electron chi connectivity index (χ3n) is 2.68. The molecule has 0 spiro atoms. The molecule has 0 fully saturated rings. The number of thiazole rings is 1. The SMILES string of the molecule is Cc1csc(COc2c(C)cc(CBr)cc2C)n1. The topological polar surface area (TPSA) is 22.1 Å². The predicted molar refractivity (Wildman–Crippen MR) is 79.7 cm³/mol. The van der Waals surface area contributed by atoms with Crippen molar-refractivity contribution >= 4 is 27.3 Å². The van der Waals surface area contributed by atoms with Crippen LogP contribution in [0.25, 0.3) is 0 Å². The van der Waals surface area contributed by atoms with E-state index in [9.17, 15) is 0 Å². The number of ether oxygens (including phenoxy) is 1. The Bertz CT molecular complexity index is 527. The molecule has 0 atom stereocenters. The summed E-state index contributed by atoms with van der Waals surface area (Å²) in [4.78, 5) is 4.40. The third kappa shape index (κ3) is 3.12. The van der Waals surface area contributed by atoms with E-state index in [1.54, 1.807) is 11.3 Å². The number of hydrogen-bond acceptors (Lipinski definition) is 3. The summed E-state index contributed by atoms with van der Waals surface area (Å²) in [5.41, 5.74) is 4.69. The molecule has 0 N–H and O–H groups in total. The Morgan fingerprint density at radius 3 is 2.39 bits per heavy atom. The van der Waals surface area contributed by atoms with Crippen LogP contribution in [0.2, 0.25) is 0 Å². The van der Waals surface area contributed by atoms with Gasteiger partial charge in [0.2, 0.25) is 0 Å². The molecule has 2 aromatic rings. The average Bonchev–Trinajstić information content (AvgIpc) is 2.73. The molecule has 96 valence electrons. The van der Waals surface area contributed by atoms with Crippen LogP contribution in [0.1, 0.15) is 27.4 Å². The fourth-order valence-corrected chi connectivity index (χ4v) is 2.95. The second-order valence-electron chi connectivity index (χ2n) is 4.36. The zero-order valence-electron chi connectivity index (χ0n) is 10.8. The van der Waals surface area contributed by atoms with Crippen LogP contribution in [0.4, 0.5) is 0 Å². The number of aromatic nitrogens is 1. The maximum Gasteiger partial charge on any atom is 0.140 e. The highest BCUT2D eigenvalue weighted by atomic mass is 79.9. The predicted octanol–water partition coefficient (Wildman–Crippen LogP) is 4.54. The van der Waals surface area contributed by atoms with Gasteiger partial charge in [0, 0.05) is 16.4 Å². The van der Waals surface area contributed by atoms with Gasteiger partial charge in [0.15, 0.2) is 0 Å². The summed E-state index contributed by atoms with van der Waals surface area (Å²) in [5.74, 6) is 0.979. The van der Waals surface area contributed by atoms with Gasteiger partial charge in [-0.25, -0.2) is 4.98 Å². The largest absolute Gasteiger partial charge is 0.486 e. The van der Waals surface area contributed by atoms with Crippen molar-refractivity contribution in [3.8, 4) is 5.75 Å². The van der Waals surface area contributed by atoms with E-state index in [0.29, 0.717) is 6.61 Å². The van der Waals surface area contributed by atoms with Crippen molar-refractivity contribution in [3.05, 3.63) is 44.9 Å². The van der Waals surface area contributed by atoms with Crippen LogP contribution in [0.5, 0.6) is 5.75 Å². The molecule has 0 radical (unpaired) electrons. The van der Waals surface area contributed by atoms with Gasteiger partial charge in [-0.3, -0.25) is 0 Å². The number of rotatable bonds is 4. The van der Waals surface area contributed by atoms with Gasteiger partial charge in [0.05, 0.1) is 0 Å². The van der Waals surface area contributed by atoms with Crippen LogP contribution in [-0.4, -0.2) is 4.98 Å². The number of halogens is 1. The fraction of sp³-hybridized carbons (Fsp3) is 0.357. The van der Waals surface area contributed by atoms with Gasteiger partial charge in [0.1, 0.15) is 17.4 Å². The molecule has 0 saturated carbocycles. The summed E-state index contributed by atoms with van der Waals surface area (Å²) >= 11 is 5.12. The molecule has 0 amide bonds. The first kappa shape index (κ1) is 13.6. The van der Waals surface area contributed by atoms with Crippen LogP contribution >= 0.6 is 27.3 Å². The smallest absolute Gasteiger partial charge is 0.140 e. The van der Waals surface area contributed by atoms with Gasteiger partial charge >= 0.3 is 0 Å². The standard InChI is InChI=1S/C14H16BrNOS/c1-9-4-12(6-15)5-10(2)14(9)17-7-13-16-11(3)8-18-13/h4-5,8H,6-7H2,1-3H3. The molecule has 0 unspecified atom stereocenters. The van der Waals surface area contributed by atoms with E-state index >= 15 is 0 Å². The van der Waals surface area contributed by atoms with Gasteiger partial charge in [-0.15, -0.1) is 11.3 Å². The van der Waals surface area contributed by atoms with Crippen molar-refractivity contribution < 1.29 is 4.74 Å². The number of aryl methyl sites for hydroxylation is 3. The minimum absolute atomic E-state index is 0.549. The Labute approximate surface area is 120 Å². The number of alkyl halides is 1. The monoisotopic (exact) mass is 325 g/mol. The highest BCUT2D eigenvalue weighted by Gasteiger charge is 2.07. The molecule has 0 bridgehead atoms. The van der Waals surface area contributed by atoms with E-state index in [1.807, 2.05) is 12.3 Å². The molecule has 0 saturated heterocycles. The maximum absolute atomic E-state index is 5.90. The van der Waals surface area contributed by atoms with Crippen LogP contribution in [-0.2, 0) is 11.9 Å². The molecule has 0 aliphatic carbocycles. The van der Waals surface area contributed by atoms with Crippen molar-refractivity contribution in [2.45, 2.75) is 32.7 Å². The first-order valence-electron chi connectivity index (χ1n) is 5.80. The normalized spacial score (nSPS) is 10.7. The Hall–Kier alpha value is -0.870. The molecule has 0 aliphatic rings. The van der Waals surface area contributed by atoms with Crippen LogP contribution in [0.3, 0.4) is 0 Å². The van der Waals surface area contributed by atoms with Crippen LogP contribution in [0.15, 0.2) is 17.5 Å². The molecule has 2 rings (SSSR count). The minimum Gasteiger partial charge on any atom is -0.486 e. The van der Waals surface area contributed by atoms with E-state index in [0.717, 1.165) is 21.8 Å². The molecule has 2 nitrogen and oxygen atoms in total. The van der Waals surface area contributed by atoms with E-state index in [4.69, 9.17) is 4.74 Å². The third-order valence-corrected chi connectivity index (χ3v) is 4.27. The molecule has 1 aromatic heterocycles. The summed E-state index contributed by atoms with van der Waals surface area (Å²) in [6, 6.07) is 4.31. The van der Waals surface area contributed by atoms with E-state index in [1.165, 1.54) is 16.7 Å². The Balaban J connectivity index is 2.14. The van der Waals surface area contributed by atoms with E-state index in [2.05, 4.69) is 46.9 Å². The number of nitrogens with zero attached hydrogens (tertiary/aromatic N) is 1. The van der Waals surface area contributed by atoms with Gasteiger partial charge in [-0.2, -0.15) is 0 Å². The lowest BCUT2D eigenvalue weighted by Gasteiger charge is -2.12. The summed E-state index contributed by atoms with van der Waals surface area (Å²) in [6.07, 6.45) is 0. The summed E-state index contributed by atoms with van der Waals surface area (Å²) in [5, 5.41) is 3.95. The number of benzene rings is 1. The molecule has 18 heavy (non-hydrogen) atoms. The lowest BCUT2D eigenvalue weighted by molar-refractivity contribution is 0.301. The first-order chi connectivity index (χ1) is 8.60. The minimum atomic E-state index is 0.549. The Kier molecular flexibility index (Phi) is 4.40. The summed E-state index contributed by atoms with van der Waals surface area (Å²) < 4.78 is 5.90. The van der Waals surface area contributed by atoms with Crippen molar-refractivity contribution in [1.29, 1.82) is 0 Å².